The van der Waals surface area contributed by atoms with Crippen molar-refractivity contribution >= 4 is 28.1 Å². The summed E-state index contributed by atoms with van der Waals surface area (Å²) in [6.07, 6.45) is 2.27. The summed E-state index contributed by atoms with van der Waals surface area (Å²) >= 11 is 0. The van der Waals surface area contributed by atoms with Crippen molar-refractivity contribution in [1.82, 2.24) is 4.90 Å². The number of nitrogens with zero attached hydrogens (tertiary/aromatic N) is 3. The van der Waals surface area contributed by atoms with Crippen LogP contribution in [0.2, 0.25) is 0 Å². The largest absolute Gasteiger partial charge is 0.370 e. The van der Waals surface area contributed by atoms with Crippen molar-refractivity contribution in [2.75, 3.05) is 49.1 Å². The van der Waals surface area contributed by atoms with Gasteiger partial charge in [-0.1, -0.05) is 42.5 Å². The number of hydrogen-bond donors (Lipinski definition) is 0. The summed E-state index contributed by atoms with van der Waals surface area (Å²) in [6, 6.07) is 21.3. The van der Waals surface area contributed by atoms with Crippen LogP contribution in [-0.2, 0) is 6.42 Å². The van der Waals surface area contributed by atoms with Crippen molar-refractivity contribution < 1.29 is 4.79 Å². The first-order chi connectivity index (χ1) is 14.8. The van der Waals surface area contributed by atoms with E-state index < -0.39 is 0 Å². The molecule has 4 heteroatoms. The summed E-state index contributed by atoms with van der Waals surface area (Å²) in [7, 11) is 0. The predicted molar refractivity (Wildman–Crippen MR) is 125 cm³/mol. The molecule has 0 atom stereocenters. The van der Waals surface area contributed by atoms with Crippen molar-refractivity contribution in [2.45, 2.75) is 19.8 Å². The lowest BCUT2D eigenvalue weighted by Crippen LogP contribution is -2.32. The average Bonchev–Trinajstić information content (AvgIpc) is 2.93. The Morgan fingerprint density at radius 1 is 0.833 bits per heavy atom. The highest BCUT2D eigenvalue weighted by molar-refractivity contribution is 6.26. The monoisotopic (exact) mass is 399 g/mol. The molecule has 1 amide bonds. The van der Waals surface area contributed by atoms with Gasteiger partial charge in [0.15, 0.2) is 0 Å². The number of carbonyl (C=O) groups excluding carboxylic acids is 1. The quantitative estimate of drug-likeness (QED) is 0.629. The Hall–Kier alpha value is -2.85. The molecule has 0 aliphatic carbocycles. The number of hydrogen-bond acceptors (Lipinski definition) is 3. The van der Waals surface area contributed by atoms with Gasteiger partial charge in [0.1, 0.15) is 0 Å². The summed E-state index contributed by atoms with van der Waals surface area (Å²) in [6.45, 7) is 8.18. The van der Waals surface area contributed by atoms with Crippen LogP contribution in [0.4, 0.5) is 11.4 Å². The van der Waals surface area contributed by atoms with Crippen molar-refractivity contribution in [3.05, 3.63) is 71.8 Å². The fourth-order valence-electron chi connectivity index (χ4n) is 4.99. The molecule has 2 aliphatic heterocycles. The Morgan fingerprint density at radius 3 is 2.50 bits per heavy atom. The first-order valence-electron chi connectivity index (χ1n) is 11.1. The number of carbonyl (C=O) groups is 1. The highest BCUT2D eigenvalue weighted by Gasteiger charge is 2.30. The molecule has 30 heavy (non-hydrogen) atoms. The predicted octanol–water partition coefficient (Wildman–Crippen LogP) is 4.57. The van der Waals surface area contributed by atoms with Crippen LogP contribution in [0.5, 0.6) is 0 Å². The van der Waals surface area contributed by atoms with Crippen LogP contribution < -0.4 is 9.80 Å². The van der Waals surface area contributed by atoms with Crippen LogP contribution in [0.25, 0.3) is 10.8 Å². The Labute approximate surface area is 178 Å². The molecule has 2 aliphatic rings. The maximum absolute atomic E-state index is 12.8. The summed E-state index contributed by atoms with van der Waals surface area (Å²) in [5.74, 6) is 0.137. The second-order valence-electron chi connectivity index (χ2n) is 8.30. The van der Waals surface area contributed by atoms with Crippen LogP contribution in [0.3, 0.4) is 0 Å². The topological polar surface area (TPSA) is 26.8 Å². The lowest BCUT2D eigenvalue weighted by Gasteiger charge is -2.26. The zero-order chi connectivity index (χ0) is 20.5. The highest BCUT2D eigenvalue weighted by Crippen LogP contribution is 2.41. The lowest BCUT2D eigenvalue weighted by molar-refractivity contribution is 0.0994. The molecule has 2 heterocycles. The van der Waals surface area contributed by atoms with Crippen LogP contribution in [0.1, 0.15) is 29.3 Å². The van der Waals surface area contributed by atoms with E-state index in [0.717, 1.165) is 62.2 Å². The highest BCUT2D eigenvalue weighted by atomic mass is 16.2. The summed E-state index contributed by atoms with van der Waals surface area (Å²) in [5, 5.41) is 2.35. The Morgan fingerprint density at radius 2 is 1.67 bits per heavy atom. The van der Waals surface area contributed by atoms with E-state index in [4.69, 9.17) is 0 Å². The molecule has 0 bridgehead atoms. The normalized spacial score (nSPS) is 17.0. The third-order valence-corrected chi connectivity index (χ3v) is 6.57. The molecule has 3 aromatic carbocycles. The van der Waals surface area contributed by atoms with Crippen molar-refractivity contribution in [3.63, 3.8) is 0 Å². The number of benzene rings is 3. The van der Waals surface area contributed by atoms with Crippen LogP contribution in [-0.4, -0.2) is 50.1 Å². The second kappa shape index (κ2) is 8.11. The van der Waals surface area contributed by atoms with E-state index >= 15 is 0 Å². The van der Waals surface area contributed by atoms with Gasteiger partial charge >= 0.3 is 0 Å². The minimum atomic E-state index is 0.137. The SMILES string of the molecule is CCN1C(=O)c2cccc3c(N4CCCN(CCc5ccccc5)CC4)ccc1c23. The molecule has 4 nitrogen and oxygen atoms in total. The molecule has 0 saturated carbocycles. The van der Waals surface area contributed by atoms with Gasteiger partial charge in [-0.3, -0.25) is 4.79 Å². The van der Waals surface area contributed by atoms with Crippen LogP contribution in [0.15, 0.2) is 60.7 Å². The maximum Gasteiger partial charge on any atom is 0.258 e. The van der Waals surface area contributed by atoms with Gasteiger partial charge in [-0.15, -0.1) is 0 Å². The van der Waals surface area contributed by atoms with Crippen LogP contribution >= 0.6 is 0 Å². The summed E-state index contributed by atoms with van der Waals surface area (Å²) in [5.41, 5.74) is 4.60. The molecule has 5 rings (SSSR count). The van der Waals surface area contributed by atoms with E-state index in [1.165, 1.54) is 16.6 Å². The Balaban J connectivity index is 1.36. The Bertz CT molecular complexity index is 1060. The molecule has 154 valence electrons. The third-order valence-electron chi connectivity index (χ3n) is 6.57. The zero-order valence-electron chi connectivity index (χ0n) is 17.7. The number of anilines is 2. The lowest BCUT2D eigenvalue weighted by atomic mass is 10.0. The zero-order valence-corrected chi connectivity index (χ0v) is 17.7. The first kappa shape index (κ1) is 19.1. The van der Waals surface area contributed by atoms with Gasteiger partial charge in [0.25, 0.3) is 5.91 Å². The molecule has 0 radical (unpaired) electrons. The van der Waals surface area contributed by atoms with Gasteiger partial charge in [0, 0.05) is 54.7 Å². The van der Waals surface area contributed by atoms with Gasteiger partial charge in [-0.2, -0.15) is 0 Å². The minimum absolute atomic E-state index is 0.137. The third kappa shape index (κ3) is 3.35. The van der Waals surface area contributed by atoms with Crippen LogP contribution in [0, 0.1) is 0 Å². The second-order valence-corrected chi connectivity index (χ2v) is 8.30. The number of rotatable bonds is 5. The molecule has 1 saturated heterocycles. The average molecular weight is 400 g/mol. The summed E-state index contributed by atoms with van der Waals surface area (Å²) < 4.78 is 0. The maximum atomic E-state index is 12.8. The van der Waals surface area contributed by atoms with Gasteiger partial charge in [0.2, 0.25) is 0 Å². The fraction of sp³-hybridized carbons (Fsp3) is 0.346. The van der Waals surface area contributed by atoms with Gasteiger partial charge in [-0.05, 0) is 50.1 Å². The van der Waals surface area contributed by atoms with Gasteiger partial charge < -0.3 is 14.7 Å². The van der Waals surface area contributed by atoms with Crippen molar-refractivity contribution in [2.24, 2.45) is 0 Å². The molecule has 3 aromatic rings. The molecule has 1 fully saturated rings. The molecule has 0 unspecified atom stereocenters. The number of amides is 1. The van der Waals surface area contributed by atoms with E-state index in [9.17, 15) is 4.79 Å². The van der Waals surface area contributed by atoms with E-state index in [1.54, 1.807) is 0 Å². The molecule has 0 spiro atoms. The van der Waals surface area contributed by atoms with Gasteiger partial charge in [-0.25, -0.2) is 0 Å². The molecule has 0 N–H and O–H groups in total. The van der Waals surface area contributed by atoms with E-state index in [-0.39, 0.29) is 5.91 Å². The molecule has 0 aromatic heterocycles. The fourth-order valence-corrected chi connectivity index (χ4v) is 4.99. The Kier molecular flexibility index (Phi) is 5.17. The summed E-state index contributed by atoms with van der Waals surface area (Å²) in [4.78, 5) is 19.8. The first-order valence-corrected chi connectivity index (χ1v) is 11.1. The minimum Gasteiger partial charge on any atom is -0.370 e. The standard InChI is InChI=1S/C26H29N3O/c1-2-29-24-13-12-23(21-10-6-11-22(25(21)24)26(29)30)28-16-7-15-27(18-19-28)17-14-20-8-4-3-5-9-20/h3-6,8-13H,2,7,14-19H2,1H3. The molecular weight excluding hydrogens is 370 g/mol. The smallest absolute Gasteiger partial charge is 0.258 e. The van der Waals surface area contributed by atoms with Crippen molar-refractivity contribution in [1.29, 1.82) is 0 Å². The van der Waals surface area contributed by atoms with Gasteiger partial charge in [0.05, 0.1) is 5.69 Å². The van der Waals surface area contributed by atoms with E-state index in [1.807, 2.05) is 24.0 Å². The van der Waals surface area contributed by atoms with E-state index in [0.29, 0.717) is 6.54 Å². The van der Waals surface area contributed by atoms with Crippen molar-refractivity contribution in [3.8, 4) is 0 Å². The molecular formula is C26H29N3O. The van der Waals surface area contributed by atoms with E-state index in [2.05, 4.69) is 58.3 Å².